The van der Waals surface area contributed by atoms with Crippen LogP contribution in [0, 0.1) is 12.7 Å². The van der Waals surface area contributed by atoms with Crippen LogP contribution < -0.4 is 15.8 Å². The number of anilines is 1. The number of ether oxygens (including phenoxy) is 1. The van der Waals surface area contributed by atoms with E-state index < -0.39 is 5.91 Å². The number of aromatic nitrogens is 2. The molecule has 0 aliphatic rings. The first kappa shape index (κ1) is 21.5. The van der Waals surface area contributed by atoms with E-state index in [0.717, 1.165) is 21.5 Å². The highest BCUT2D eigenvalue weighted by atomic mass is 32.1. The first-order chi connectivity index (χ1) is 15.4. The second-order valence-corrected chi connectivity index (χ2v) is 8.27. The number of aryl methyl sites for hydroxylation is 1. The number of thiophene rings is 1. The minimum atomic E-state index is -0.423. The minimum Gasteiger partial charge on any atom is -0.493 e. The van der Waals surface area contributed by atoms with Crippen molar-refractivity contribution in [3.05, 3.63) is 76.5 Å². The van der Waals surface area contributed by atoms with Crippen molar-refractivity contribution in [2.45, 2.75) is 19.9 Å². The quantitative estimate of drug-likeness (QED) is 0.420. The number of nitrogens with two attached hydrogens (primary N) is 1. The summed E-state index contributed by atoms with van der Waals surface area (Å²) in [5, 5.41) is 8.35. The van der Waals surface area contributed by atoms with Gasteiger partial charge in [-0.25, -0.2) is 4.39 Å². The van der Waals surface area contributed by atoms with Crippen LogP contribution in [0.5, 0.6) is 5.75 Å². The van der Waals surface area contributed by atoms with Gasteiger partial charge in [0.05, 0.1) is 30.1 Å². The number of hydrogen-bond donors (Lipinski definition) is 2. The lowest BCUT2D eigenvalue weighted by molar-refractivity contribution is -0.118. The number of halogens is 1. The number of rotatable bonds is 8. The van der Waals surface area contributed by atoms with Crippen molar-refractivity contribution in [3.63, 3.8) is 0 Å². The summed E-state index contributed by atoms with van der Waals surface area (Å²) in [6.45, 7) is 2.59. The first-order valence-corrected chi connectivity index (χ1v) is 10.7. The molecule has 2 aromatic carbocycles. The number of carbonyl (C=O) groups excluding carboxylic acids is 2. The van der Waals surface area contributed by atoms with Crippen molar-refractivity contribution in [2.24, 2.45) is 5.73 Å². The van der Waals surface area contributed by atoms with Gasteiger partial charge in [-0.05, 0) is 55.0 Å². The third-order valence-corrected chi connectivity index (χ3v) is 5.95. The fraction of sp³-hybridized carbons (Fsp3) is 0.174. The molecule has 0 saturated carbocycles. The smallest absolute Gasteiger partial charge is 0.265 e. The molecule has 0 bridgehead atoms. The van der Waals surface area contributed by atoms with Crippen LogP contribution in [-0.2, 0) is 11.3 Å². The molecule has 0 spiro atoms. The molecule has 9 heteroatoms. The normalized spacial score (nSPS) is 10.9. The monoisotopic (exact) mass is 452 g/mol. The third kappa shape index (κ3) is 4.94. The third-order valence-electron chi connectivity index (χ3n) is 4.81. The van der Waals surface area contributed by atoms with Gasteiger partial charge in [-0.15, -0.1) is 11.3 Å². The van der Waals surface area contributed by atoms with Gasteiger partial charge >= 0.3 is 0 Å². The molecule has 0 unspecified atom stereocenters. The molecular weight excluding hydrogens is 431 g/mol. The summed E-state index contributed by atoms with van der Waals surface area (Å²) >= 11 is 1.36. The maximum Gasteiger partial charge on any atom is 0.265 e. The molecule has 32 heavy (non-hydrogen) atoms. The van der Waals surface area contributed by atoms with Gasteiger partial charge in [0.2, 0.25) is 5.91 Å². The van der Waals surface area contributed by atoms with E-state index in [0.29, 0.717) is 22.9 Å². The number of amides is 2. The number of hydrogen-bond acceptors (Lipinski definition) is 5. The Morgan fingerprint density at radius 2 is 1.88 bits per heavy atom. The Morgan fingerprint density at radius 3 is 2.56 bits per heavy atom. The van der Waals surface area contributed by atoms with Crippen LogP contribution in [0.4, 0.5) is 10.1 Å². The molecule has 7 nitrogen and oxygen atoms in total. The van der Waals surface area contributed by atoms with Crippen molar-refractivity contribution in [2.75, 3.05) is 11.9 Å². The van der Waals surface area contributed by atoms with Crippen molar-refractivity contribution in [1.29, 1.82) is 0 Å². The number of fused-ring (bicyclic) bond motifs is 1. The highest BCUT2D eigenvalue weighted by molar-refractivity contribution is 7.20. The zero-order chi connectivity index (χ0) is 22.7. The molecule has 3 N–H and O–H groups in total. The average Bonchev–Trinajstić information content (AvgIpc) is 3.32. The predicted octanol–water partition coefficient (Wildman–Crippen LogP) is 4.10. The molecule has 0 atom stereocenters. The Hall–Kier alpha value is -3.72. The highest BCUT2D eigenvalue weighted by Crippen LogP contribution is 2.29. The SMILES string of the molecule is Cc1nn(Cc2ccc(F)cc2)c2sc(C(=O)Nc3ccc(OCCC(N)=O)cc3)cc12. The lowest BCUT2D eigenvalue weighted by Crippen LogP contribution is -2.14. The molecule has 0 aliphatic heterocycles. The summed E-state index contributed by atoms with van der Waals surface area (Å²) < 4.78 is 20.4. The summed E-state index contributed by atoms with van der Waals surface area (Å²) in [6, 6.07) is 15.0. The summed E-state index contributed by atoms with van der Waals surface area (Å²) in [7, 11) is 0. The highest BCUT2D eigenvalue weighted by Gasteiger charge is 2.17. The van der Waals surface area contributed by atoms with E-state index in [1.54, 1.807) is 36.4 Å². The fourth-order valence-corrected chi connectivity index (χ4v) is 4.25. The molecule has 2 amide bonds. The Bertz CT molecular complexity index is 1260. The average molecular weight is 453 g/mol. The second kappa shape index (κ2) is 9.19. The van der Waals surface area contributed by atoms with Crippen molar-refractivity contribution < 1.29 is 18.7 Å². The molecule has 0 saturated heterocycles. The molecule has 4 aromatic rings. The Labute approximate surface area is 187 Å². The van der Waals surface area contributed by atoms with E-state index in [9.17, 15) is 14.0 Å². The maximum absolute atomic E-state index is 13.2. The van der Waals surface area contributed by atoms with Gasteiger partial charge in [0.25, 0.3) is 5.91 Å². The predicted molar refractivity (Wildman–Crippen MR) is 122 cm³/mol. The number of benzene rings is 2. The van der Waals surface area contributed by atoms with Crippen LogP contribution >= 0.6 is 11.3 Å². The van der Waals surface area contributed by atoms with Crippen LogP contribution in [0.15, 0.2) is 54.6 Å². The largest absolute Gasteiger partial charge is 0.493 e. The second-order valence-electron chi connectivity index (χ2n) is 7.24. The topological polar surface area (TPSA) is 99.2 Å². The van der Waals surface area contributed by atoms with Crippen LogP contribution in [-0.4, -0.2) is 28.2 Å². The van der Waals surface area contributed by atoms with Gasteiger partial charge in [-0.2, -0.15) is 5.10 Å². The number of nitrogens with zero attached hydrogens (tertiary/aromatic N) is 2. The van der Waals surface area contributed by atoms with Gasteiger partial charge in [0.15, 0.2) is 0 Å². The summed E-state index contributed by atoms with van der Waals surface area (Å²) in [5.74, 6) is -0.340. The van der Waals surface area contributed by atoms with E-state index in [2.05, 4.69) is 10.4 Å². The summed E-state index contributed by atoms with van der Waals surface area (Å²) in [4.78, 5) is 25.0. The fourth-order valence-electron chi connectivity index (χ4n) is 3.19. The van der Waals surface area contributed by atoms with Gasteiger partial charge in [0, 0.05) is 11.1 Å². The minimum absolute atomic E-state index is 0.141. The molecule has 2 heterocycles. The molecule has 0 radical (unpaired) electrons. The molecule has 164 valence electrons. The number of primary amides is 1. The molecule has 4 rings (SSSR count). The Kier molecular flexibility index (Phi) is 6.18. The van der Waals surface area contributed by atoms with Crippen LogP contribution in [0.25, 0.3) is 10.2 Å². The number of nitrogens with one attached hydrogen (secondary N) is 1. The first-order valence-electron chi connectivity index (χ1n) is 9.93. The molecular formula is C23H21FN4O3S. The van der Waals surface area contributed by atoms with Crippen molar-refractivity contribution >= 4 is 39.1 Å². The summed E-state index contributed by atoms with van der Waals surface area (Å²) in [5.41, 5.74) is 7.47. The van der Waals surface area contributed by atoms with Crippen molar-refractivity contribution in [3.8, 4) is 5.75 Å². The van der Waals surface area contributed by atoms with E-state index >= 15 is 0 Å². The summed E-state index contributed by atoms with van der Waals surface area (Å²) in [6.07, 6.45) is 0.141. The lowest BCUT2D eigenvalue weighted by Gasteiger charge is -2.07. The van der Waals surface area contributed by atoms with E-state index in [1.165, 1.54) is 23.5 Å². The van der Waals surface area contributed by atoms with Crippen molar-refractivity contribution in [1.82, 2.24) is 9.78 Å². The van der Waals surface area contributed by atoms with Gasteiger partial charge in [-0.3, -0.25) is 14.3 Å². The van der Waals surface area contributed by atoms with Crippen LogP contribution in [0.3, 0.4) is 0 Å². The van der Waals surface area contributed by atoms with E-state index in [-0.39, 0.29) is 24.8 Å². The van der Waals surface area contributed by atoms with E-state index in [1.807, 2.05) is 17.7 Å². The zero-order valence-corrected chi connectivity index (χ0v) is 18.1. The maximum atomic E-state index is 13.2. The standard InChI is InChI=1S/C23H21FN4O3S/c1-14-19-12-20(32-23(19)28(27-14)13-15-2-4-16(24)5-3-15)22(30)26-17-6-8-18(9-7-17)31-11-10-21(25)29/h2-9,12H,10-11,13H2,1H3,(H2,25,29)(H,26,30). The molecule has 2 aromatic heterocycles. The zero-order valence-electron chi connectivity index (χ0n) is 17.3. The Balaban J connectivity index is 1.45. The lowest BCUT2D eigenvalue weighted by atomic mass is 10.2. The van der Waals surface area contributed by atoms with Gasteiger partial charge in [-0.1, -0.05) is 12.1 Å². The van der Waals surface area contributed by atoms with Gasteiger partial charge in [0.1, 0.15) is 16.4 Å². The van der Waals surface area contributed by atoms with E-state index in [4.69, 9.17) is 10.5 Å². The van der Waals surface area contributed by atoms with Crippen LogP contribution in [0.1, 0.15) is 27.3 Å². The Morgan fingerprint density at radius 1 is 1.16 bits per heavy atom. The van der Waals surface area contributed by atoms with Crippen LogP contribution in [0.2, 0.25) is 0 Å². The molecule has 0 aliphatic carbocycles. The number of carbonyl (C=O) groups is 2. The van der Waals surface area contributed by atoms with Gasteiger partial charge < -0.3 is 15.8 Å². The molecule has 0 fully saturated rings.